The third-order valence-electron chi connectivity index (χ3n) is 5.99. The molecule has 0 aromatic heterocycles. The number of benzene rings is 3. The summed E-state index contributed by atoms with van der Waals surface area (Å²) in [5.41, 5.74) is 1.76. The lowest BCUT2D eigenvalue weighted by Gasteiger charge is -2.37. The van der Waals surface area contributed by atoms with Crippen LogP contribution in [0.1, 0.15) is 10.4 Å². The third-order valence-corrected chi connectivity index (χ3v) is 9.20. The van der Waals surface area contributed by atoms with Crippen molar-refractivity contribution in [3.63, 3.8) is 0 Å². The van der Waals surface area contributed by atoms with Crippen LogP contribution < -0.4 is 9.62 Å². The maximum Gasteiger partial charge on any atom is 0.261 e. The zero-order chi connectivity index (χ0) is 25.9. The van der Waals surface area contributed by atoms with Crippen LogP contribution in [0.2, 0.25) is 0 Å². The Morgan fingerprint density at radius 2 is 1.31 bits per heavy atom. The number of carbonyl (C=O) groups excluding carboxylic acids is 1. The monoisotopic (exact) mass is 528 g/mol. The number of hydrogen-bond acceptors (Lipinski definition) is 6. The molecule has 0 spiro atoms. The van der Waals surface area contributed by atoms with Gasteiger partial charge in [-0.2, -0.15) is 0 Å². The Balaban J connectivity index is 1.49. The first-order valence-electron chi connectivity index (χ1n) is 11.3. The summed E-state index contributed by atoms with van der Waals surface area (Å²) < 4.78 is 54.4. The van der Waals surface area contributed by atoms with Crippen LogP contribution in [0.15, 0.2) is 88.7 Å². The molecule has 0 radical (unpaired) electrons. The minimum atomic E-state index is -3.97. The van der Waals surface area contributed by atoms with E-state index in [1.165, 1.54) is 38.4 Å². The zero-order valence-corrected chi connectivity index (χ0v) is 21.7. The first kappa shape index (κ1) is 25.7. The van der Waals surface area contributed by atoms with Gasteiger partial charge in [-0.25, -0.2) is 21.1 Å². The molecular weight excluding hydrogens is 500 g/mol. The van der Waals surface area contributed by atoms with Crippen molar-refractivity contribution in [2.45, 2.75) is 9.79 Å². The van der Waals surface area contributed by atoms with Crippen LogP contribution in [0, 0.1) is 0 Å². The number of rotatable bonds is 7. The second-order valence-electron chi connectivity index (χ2n) is 8.53. The molecule has 190 valence electrons. The average molecular weight is 529 g/mol. The molecule has 0 unspecified atom stereocenters. The predicted octanol–water partition coefficient (Wildman–Crippen LogP) is 2.70. The van der Waals surface area contributed by atoms with Crippen molar-refractivity contribution in [3.8, 4) is 0 Å². The fourth-order valence-corrected chi connectivity index (χ4v) is 5.93. The Morgan fingerprint density at radius 3 is 1.92 bits per heavy atom. The lowest BCUT2D eigenvalue weighted by molar-refractivity contribution is 0.0747. The Labute approximate surface area is 212 Å². The van der Waals surface area contributed by atoms with E-state index in [2.05, 4.69) is 4.72 Å². The van der Waals surface area contributed by atoms with E-state index in [0.29, 0.717) is 43.1 Å². The van der Waals surface area contributed by atoms with Crippen LogP contribution >= 0.6 is 0 Å². The van der Waals surface area contributed by atoms with Gasteiger partial charge >= 0.3 is 0 Å². The summed E-state index contributed by atoms with van der Waals surface area (Å²) >= 11 is 0. The van der Waals surface area contributed by atoms with Gasteiger partial charge in [0, 0.05) is 45.8 Å². The number of para-hydroxylation sites is 2. The molecule has 36 heavy (non-hydrogen) atoms. The van der Waals surface area contributed by atoms with Gasteiger partial charge in [0.2, 0.25) is 10.0 Å². The third kappa shape index (κ3) is 5.38. The molecule has 3 aromatic rings. The fraction of sp³-hybridized carbons (Fsp3) is 0.240. The van der Waals surface area contributed by atoms with E-state index < -0.39 is 20.0 Å². The van der Waals surface area contributed by atoms with E-state index >= 15 is 0 Å². The minimum absolute atomic E-state index is 0.00905. The standard InChI is InChI=1S/C25H28N4O5S2/c1-27(2)36(33,34)22-14-12-21(13-15-22)35(31,32)26-23-10-6-7-11-24(23)28-16-18-29(19-17-28)25(30)20-8-4-3-5-9-20/h3-15,26H,16-19H2,1-2H3. The van der Waals surface area contributed by atoms with Gasteiger partial charge in [0.1, 0.15) is 0 Å². The first-order valence-corrected chi connectivity index (χ1v) is 14.3. The number of nitrogens with zero attached hydrogens (tertiary/aromatic N) is 3. The van der Waals surface area contributed by atoms with Crippen LogP contribution in [0.3, 0.4) is 0 Å². The maximum atomic E-state index is 13.1. The van der Waals surface area contributed by atoms with Crippen molar-refractivity contribution >= 4 is 37.3 Å². The molecule has 3 aromatic carbocycles. The number of carbonyl (C=O) groups is 1. The summed E-state index contributed by atoms with van der Waals surface area (Å²) in [6, 6.07) is 21.3. The number of piperazine rings is 1. The number of amides is 1. The highest BCUT2D eigenvalue weighted by Crippen LogP contribution is 2.29. The first-order chi connectivity index (χ1) is 17.1. The van der Waals surface area contributed by atoms with Gasteiger partial charge in [-0.1, -0.05) is 30.3 Å². The number of sulfonamides is 2. The van der Waals surface area contributed by atoms with Gasteiger partial charge in [-0.3, -0.25) is 9.52 Å². The van der Waals surface area contributed by atoms with Crippen LogP contribution in [0.5, 0.6) is 0 Å². The van der Waals surface area contributed by atoms with E-state index in [1.807, 2.05) is 35.2 Å². The fourth-order valence-electron chi connectivity index (χ4n) is 3.95. The molecule has 1 fully saturated rings. The van der Waals surface area contributed by atoms with Gasteiger partial charge in [0.05, 0.1) is 21.2 Å². The predicted molar refractivity (Wildman–Crippen MR) is 139 cm³/mol. The van der Waals surface area contributed by atoms with Crippen molar-refractivity contribution < 1.29 is 21.6 Å². The summed E-state index contributed by atoms with van der Waals surface area (Å²) in [7, 11) is -4.81. The highest BCUT2D eigenvalue weighted by atomic mass is 32.2. The van der Waals surface area contributed by atoms with E-state index in [0.717, 1.165) is 4.31 Å². The molecule has 1 heterocycles. The average Bonchev–Trinajstić information content (AvgIpc) is 2.89. The zero-order valence-electron chi connectivity index (χ0n) is 20.0. The maximum absolute atomic E-state index is 13.1. The van der Waals surface area contributed by atoms with E-state index in [-0.39, 0.29) is 15.7 Å². The largest absolute Gasteiger partial charge is 0.366 e. The quantitative estimate of drug-likeness (QED) is 0.505. The number of hydrogen-bond donors (Lipinski definition) is 1. The van der Waals surface area contributed by atoms with E-state index in [9.17, 15) is 21.6 Å². The summed E-state index contributed by atoms with van der Waals surface area (Å²) in [4.78, 5) is 16.5. The minimum Gasteiger partial charge on any atom is -0.366 e. The molecule has 1 amide bonds. The van der Waals surface area contributed by atoms with Crippen molar-refractivity contribution in [2.24, 2.45) is 0 Å². The Bertz CT molecular complexity index is 1430. The molecule has 1 saturated heterocycles. The van der Waals surface area contributed by atoms with Gasteiger partial charge in [0.15, 0.2) is 0 Å². The van der Waals surface area contributed by atoms with Crippen LogP contribution in [0.25, 0.3) is 0 Å². The van der Waals surface area contributed by atoms with Gasteiger partial charge in [0.25, 0.3) is 15.9 Å². The molecule has 0 bridgehead atoms. The Morgan fingerprint density at radius 1 is 0.750 bits per heavy atom. The van der Waals surface area contributed by atoms with Crippen molar-refractivity contribution in [1.82, 2.24) is 9.21 Å². The number of anilines is 2. The SMILES string of the molecule is CN(C)S(=O)(=O)c1ccc(S(=O)(=O)Nc2ccccc2N2CCN(C(=O)c3ccccc3)CC2)cc1. The Kier molecular flexibility index (Phi) is 7.34. The second-order valence-corrected chi connectivity index (χ2v) is 12.4. The molecule has 1 N–H and O–H groups in total. The molecule has 4 rings (SSSR count). The molecule has 11 heteroatoms. The Hall–Kier alpha value is -3.41. The van der Waals surface area contributed by atoms with Crippen LogP contribution in [-0.4, -0.2) is 72.2 Å². The van der Waals surface area contributed by atoms with E-state index in [4.69, 9.17) is 0 Å². The van der Waals surface area contributed by atoms with Gasteiger partial charge in [-0.15, -0.1) is 0 Å². The van der Waals surface area contributed by atoms with Crippen molar-refractivity contribution in [2.75, 3.05) is 49.9 Å². The summed E-state index contributed by atoms with van der Waals surface area (Å²) in [6.07, 6.45) is 0. The summed E-state index contributed by atoms with van der Waals surface area (Å²) in [5, 5.41) is 0. The van der Waals surface area contributed by atoms with Gasteiger partial charge in [-0.05, 0) is 48.5 Å². The molecule has 9 nitrogen and oxygen atoms in total. The molecular formula is C25H28N4O5S2. The highest BCUT2D eigenvalue weighted by Gasteiger charge is 2.25. The summed E-state index contributed by atoms with van der Waals surface area (Å²) in [6.45, 7) is 2.12. The molecule has 0 atom stereocenters. The molecule has 0 saturated carbocycles. The lowest BCUT2D eigenvalue weighted by Crippen LogP contribution is -2.49. The lowest BCUT2D eigenvalue weighted by atomic mass is 10.1. The smallest absolute Gasteiger partial charge is 0.261 e. The normalized spacial score (nSPS) is 14.6. The molecule has 1 aliphatic heterocycles. The van der Waals surface area contributed by atoms with E-state index in [1.54, 1.807) is 29.2 Å². The van der Waals surface area contributed by atoms with Gasteiger partial charge < -0.3 is 9.80 Å². The summed E-state index contributed by atoms with van der Waals surface area (Å²) in [5.74, 6) is -0.0241. The second kappa shape index (κ2) is 10.3. The number of nitrogens with one attached hydrogen (secondary N) is 1. The van der Waals surface area contributed by atoms with Crippen LogP contribution in [-0.2, 0) is 20.0 Å². The molecule has 1 aliphatic rings. The van der Waals surface area contributed by atoms with Crippen molar-refractivity contribution in [3.05, 3.63) is 84.4 Å². The highest BCUT2D eigenvalue weighted by molar-refractivity contribution is 7.92. The van der Waals surface area contributed by atoms with Crippen LogP contribution in [0.4, 0.5) is 11.4 Å². The topological polar surface area (TPSA) is 107 Å². The molecule has 0 aliphatic carbocycles. The van der Waals surface area contributed by atoms with Crippen molar-refractivity contribution in [1.29, 1.82) is 0 Å².